The molecule has 13 heavy (non-hydrogen) atoms. The standard InChI is InChI=1S/C7H12N4OS/c1-12-5-4(3-8)6(13-2)11-7(9)10-5/h3,8H2,1-2H3,(H2,9,10,11). The van der Waals surface area contributed by atoms with Crippen LogP contribution < -0.4 is 16.2 Å². The number of nitrogens with zero attached hydrogens (tertiary/aromatic N) is 2. The fraction of sp³-hybridized carbons (Fsp3) is 0.429. The van der Waals surface area contributed by atoms with Crippen LogP contribution >= 0.6 is 11.8 Å². The number of ether oxygens (including phenoxy) is 1. The Balaban J connectivity index is 3.25. The quantitative estimate of drug-likeness (QED) is 0.537. The zero-order chi connectivity index (χ0) is 9.84. The van der Waals surface area contributed by atoms with E-state index < -0.39 is 0 Å². The highest BCUT2D eigenvalue weighted by molar-refractivity contribution is 7.98. The Labute approximate surface area is 80.9 Å². The Morgan fingerprint density at radius 1 is 1.46 bits per heavy atom. The normalized spacial score (nSPS) is 10.1. The Morgan fingerprint density at radius 3 is 2.62 bits per heavy atom. The Hall–Kier alpha value is -1.01. The van der Waals surface area contributed by atoms with Crippen LogP contribution in [0.3, 0.4) is 0 Å². The summed E-state index contributed by atoms with van der Waals surface area (Å²) in [6.45, 7) is 0.347. The molecule has 6 heteroatoms. The number of nitrogens with two attached hydrogens (primary N) is 2. The molecule has 1 rings (SSSR count). The van der Waals surface area contributed by atoms with Crippen LogP contribution in [0.25, 0.3) is 0 Å². The van der Waals surface area contributed by atoms with E-state index in [4.69, 9.17) is 16.2 Å². The van der Waals surface area contributed by atoms with E-state index in [1.54, 1.807) is 0 Å². The third-order valence-corrected chi connectivity index (χ3v) is 2.26. The van der Waals surface area contributed by atoms with Crippen LogP contribution in [-0.2, 0) is 6.54 Å². The van der Waals surface area contributed by atoms with Crippen molar-refractivity contribution in [2.75, 3.05) is 19.1 Å². The molecule has 0 atom stereocenters. The summed E-state index contributed by atoms with van der Waals surface area (Å²) < 4.78 is 5.04. The maximum atomic E-state index is 5.54. The largest absolute Gasteiger partial charge is 0.481 e. The molecule has 0 aromatic carbocycles. The molecule has 0 saturated carbocycles. The summed E-state index contributed by atoms with van der Waals surface area (Å²) in [6.07, 6.45) is 1.90. The van der Waals surface area contributed by atoms with E-state index in [2.05, 4.69) is 9.97 Å². The number of hydrogen-bond acceptors (Lipinski definition) is 6. The van der Waals surface area contributed by atoms with Crippen molar-refractivity contribution in [3.05, 3.63) is 5.56 Å². The van der Waals surface area contributed by atoms with Gasteiger partial charge in [-0.05, 0) is 6.26 Å². The number of anilines is 1. The first-order valence-corrected chi connectivity index (χ1v) is 4.89. The third-order valence-electron chi connectivity index (χ3n) is 1.54. The number of methoxy groups -OCH3 is 1. The van der Waals surface area contributed by atoms with E-state index in [1.165, 1.54) is 18.9 Å². The number of nitrogen functional groups attached to an aromatic ring is 1. The summed E-state index contributed by atoms with van der Waals surface area (Å²) in [5.74, 6) is 0.665. The van der Waals surface area contributed by atoms with E-state index in [1.807, 2.05) is 6.26 Å². The second-order valence-electron chi connectivity index (χ2n) is 2.28. The highest BCUT2D eigenvalue weighted by Crippen LogP contribution is 2.25. The van der Waals surface area contributed by atoms with Crippen LogP contribution in [0.1, 0.15) is 5.56 Å². The molecule has 4 N–H and O–H groups in total. The maximum Gasteiger partial charge on any atom is 0.224 e. The van der Waals surface area contributed by atoms with Crippen molar-refractivity contribution in [3.63, 3.8) is 0 Å². The Morgan fingerprint density at radius 2 is 2.15 bits per heavy atom. The Kier molecular flexibility index (Phi) is 3.32. The monoisotopic (exact) mass is 200 g/mol. The van der Waals surface area contributed by atoms with Gasteiger partial charge in [0.2, 0.25) is 11.8 Å². The van der Waals surface area contributed by atoms with Crippen molar-refractivity contribution in [3.8, 4) is 5.88 Å². The molecule has 0 radical (unpaired) electrons. The van der Waals surface area contributed by atoms with E-state index in [0.29, 0.717) is 12.4 Å². The number of thioether (sulfide) groups is 1. The summed E-state index contributed by atoms with van der Waals surface area (Å²) >= 11 is 1.47. The summed E-state index contributed by atoms with van der Waals surface area (Å²) in [5.41, 5.74) is 11.8. The molecule has 0 aliphatic rings. The topological polar surface area (TPSA) is 87.0 Å². The second kappa shape index (κ2) is 4.29. The number of hydrogen-bond donors (Lipinski definition) is 2. The van der Waals surface area contributed by atoms with Gasteiger partial charge in [0.05, 0.1) is 12.7 Å². The van der Waals surface area contributed by atoms with Gasteiger partial charge in [-0.2, -0.15) is 4.98 Å². The zero-order valence-electron chi connectivity index (χ0n) is 7.57. The van der Waals surface area contributed by atoms with Crippen molar-refractivity contribution in [2.45, 2.75) is 11.6 Å². The Bertz CT molecular complexity index is 280. The second-order valence-corrected chi connectivity index (χ2v) is 3.08. The van der Waals surface area contributed by atoms with Gasteiger partial charge in [0.15, 0.2) is 0 Å². The predicted molar refractivity (Wildman–Crippen MR) is 52.7 cm³/mol. The first-order chi connectivity index (χ1) is 6.22. The average Bonchev–Trinajstić information content (AvgIpc) is 2.16. The fourth-order valence-electron chi connectivity index (χ4n) is 0.972. The van der Waals surface area contributed by atoms with Gasteiger partial charge in [0.1, 0.15) is 5.03 Å². The van der Waals surface area contributed by atoms with Gasteiger partial charge in [0.25, 0.3) is 0 Å². The molecule has 0 fully saturated rings. The summed E-state index contributed by atoms with van der Waals surface area (Å²) in [5, 5.41) is 0.770. The number of aromatic nitrogens is 2. The van der Waals surface area contributed by atoms with E-state index in [-0.39, 0.29) is 5.95 Å². The SMILES string of the molecule is COc1nc(N)nc(SC)c1CN. The van der Waals surface area contributed by atoms with Crippen LogP contribution in [0.4, 0.5) is 5.95 Å². The summed E-state index contributed by atoms with van der Waals surface area (Å²) in [6, 6.07) is 0. The van der Waals surface area contributed by atoms with Crippen LogP contribution in [0.15, 0.2) is 5.03 Å². The van der Waals surface area contributed by atoms with E-state index in [9.17, 15) is 0 Å². The summed E-state index contributed by atoms with van der Waals surface area (Å²) in [7, 11) is 1.53. The lowest BCUT2D eigenvalue weighted by Crippen LogP contribution is -2.08. The lowest BCUT2D eigenvalue weighted by atomic mass is 10.3. The van der Waals surface area contributed by atoms with Gasteiger partial charge in [-0.15, -0.1) is 11.8 Å². The smallest absolute Gasteiger partial charge is 0.224 e. The minimum atomic E-state index is 0.207. The van der Waals surface area contributed by atoms with Crippen LogP contribution in [0.5, 0.6) is 5.88 Å². The molecule has 0 bridgehead atoms. The molecule has 0 aliphatic heterocycles. The molecule has 0 amide bonds. The third kappa shape index (κ3) is 2.02. The van der Waals surface area contributed by atoms with Crippen molar-refractivity contribution in [2.24, 2.45) is 5.73 Å². The zero-order valence-corrected chi connectivity index (χ0v) is 8.39. The lowest BCUT2D eigenvalue weighted by Gasteiger charge is -2.09. The lowest BCUT2D eigenvalue weighted by molar-refractivity contribution is 0.390. The number of rotatable bonds is 3. The highest BCUT2D eigenvalue weighted by atomic mass is 32.2. The molecule has 0 unspecified atom stereocenters. The van der Waals surface area contributed by atoms with Crippen molar-refractivity contribution in [1.29, 1.82) is 0 Å². The average molecular weight is 200 g/mol. The molecule has 72 valence electrons. The van der Waals surface area contributed by atoms with Crippen LogP contribution in [-0.4, -0.2) is 23.3 Å². The molecular formula is C7H12N4OS. The van der Waals surface area contributed by atoms with E-state index >= 15 is 0 Å². The fourth-order valence-corrected chi connectivity index (χ4v) is 1.57. The molecular weight excluding hydrogens is 188 g/mol. The molecule has 1 aromatic heterocycles. The van der Waals surface area contributed by atoms with Crippen LogP contribution in [0, 0.1) is 0 Å². The van der Waals surface area contributed by atoms with Crippen molar-refractivity contribution < 1.29 is 4.74 Å². The van der Waals surface area contributed by atoms with Gasteiger partial charge in [-0.25, -0.2) is 4.98 Å². The molecule has 0 saturated heterocycles. The molecule has 0 spiro atoms. The van der Waals surface area contributed by atoms with Gasteiger partial charge in [-0.1, -0.05) is 0 Å². The molecule has 1 heterocycles. The predicted octanol–water partition coefficient (Wildman–Crippen LogP) is 0.248. The maximum absolute atomic E-state index is 5.54. The van der Waals surface area contributed by atoms with Crippen molar-refractivity contribution >= 4 is 17.7 Å². The molecule has 1 aromatic rings. The van der Waals surface area contributed by atoms with E-state index in [0.717, 1.165) is 10.6 Å². The van der Waals surface area contributed by atoms with Crippen molar-refractivity contribution in [1.82, 2.24) is 9.97 Å². The highest BCUT2D eigenvalue weighted by Gasteiger charge is 2.11. The molecule has 5 nitrogen and oxygen atoms in total. The first kappa shape index (κ1) is 10.1. The van der Waals surface area contributed by atoms with Gasteiger partial charge in [-0.3, -0.25) is 0 Å². The molecule has 0 aliphatic carbocycles. The van der Waals surface area contributed by atoms with Crippen LogP contribution in [0.2, 0.25) is 0 Å². The minimum Gasteiger partial charge on any atom is -0.481 e. The minimum absolute atomic E-state index is 0.207. The van der Waals surface area contributed by atoms with Gasteiger partial charge >= 0.3 is 0 Å². The van der Waals surface area contributed by atoms with Gasteiger partial charge in [0, 0.05) is 6.54 Å². The van der Waals surface area contributed by atoms with Gasteiger partial charge < -0.3 is 16.2 Å². The summed E-state index contributed by atoms with van der Waals surface area (Å²) in [4.78, 5) is 7.96. The first-order valence-electron chi connectivity index (χ1n) is 3.67.